The van der Waals surface area contributed by atoms with Gasteiger partial charge >= 0.3 is 0 Å². The molecule has 3 nitrogen and oxygen atoms in total. The molecule has 1 saturated carbocycles. The molecule has 1 saturated heterocycles. The summed E-state index contributed by atoms with van der Waals surface area (Å²) in [6.45, 7) is 2.69. The third kappa shape index (κ3) is 1.69. The Kier molecular flexibility index (Phi) is 2.27. The maximum atomic E-state index is 5.66. The van der Waals surface area contributed by atoms with E-state index in [0.717, 1.165) is 30.6 Å². The number of rotatable bonds is 2. The Hall–Kier alpha value is -0.450. The Morgan fingerprint density at radius 3 is 3.14 bits per heavy atom. The van der Waals surface area contributed by atoms with Crippen LogP contribution in [0.5, 0.6) is 0 Å². The molecule has 0 aromatic carbocycles. The summed E-state index contributed by atoms with van der Waals surface area (Å²) in [6, 6.07) is 0. The highest BCUT2D eigenvalue weighted by Gasteiger charge is 2.27. The van der Waals surface area contributed by atoms with Crippen molar-refractivity contribution in [2.24, 2.45) is 0 Å². The molecule has 14 heavy (non-hydrogen) atoms. The van der Waals surface area contributed by atoms with Gasteiger partial charge in [0.2, 0.25) is 0 Å². The number of aromatic nitrogens is 1. The SMILES string of the molecule is c1sc(C2CNCCO2)nc1C1CC1. The molecule has 2 fully saturated rings. The van der Waals surface area contributed by atoms with E-state index in [9.17, 15) is 0 Å². The third-order valence-corrected chi connectivity index (χ3v) is 3.69. The highest BCUT2D eigenvalue weighted by atomic mass is 32.1. The molecule has 0 spiro atoms. The number of ether oxygens (including phenoxy) is 1. The smallest absolute Gasteiger partial charge is 0.123 e. The van der Waals surface area contributed by atoms with Gasteiger partial charge in [0.25, 0.3) is 0 Å². The van der Waals surface area contributed by atoms with Gasteiger partial charge in [-0.2, -0.15) is 0 Å². The average molecular weight is 210 g/mol. The zero-order chi connectivity index (χ0) is 9.38. The molecule has 1 atom stereocenters. The Morgan fingerprint density at radius 1 is 1.50 bits per heavy atom. The van der Waals surface area contributed by atoms with Crippen LogP contribution in [-0.2, 0) is 4.74 Å². The van der Waals surface area contributed by atoms with Crippen molar-refractivity contribution in [2.45, 2.75) is 24.9 Å². The van der Waals surface area contributed by atoms with E-state index in [1.165, 1.54) is 18.5 Å². The summed E-state index contributed by atoms with van der Waals surface area (Å²) >= 11 is 1.75. The number of nitrogens with zero attached hydrogens (tertiary/aromatic N) is 1. The Morgan fingerprint density at radius 2 is 2.43 bits per heavy atom. The molecule has 0 radical (unpaired) electrons. The fourth-order valence-electron chi connectivity index (χ4n) is 1.74. The van der Waals surface area contributed by atoms with Gasteiger partial charge in [-0.3, -0.25) is 0 Å². The van der Waals surface area contributed by atoms with Crippen LogP contribution in [-0.4, -0.2) is 24.7 Å². The maximum Gasteiger partial charge on any atom is 0.123 e. The predicted octanol–water partition coefficient (Wildman–Crippen LogP) is 1.68. The molecule has 0 bridgehead atoms. The van der Waals surface area contributed by atoms with Crippen LogP contribution < -0.4 is 5.32 Å². The van der Waals surface area contributed by atoms with E-state index in [1.807, 2.05) is 0 Å². The number of nitrogens with one attached hydrogen (secondary N) is 1. The van der Waals surface area contributed by atoms with E-state index in [1.54, 1.807) is 11.3 Å². The van der Waals surface area contributed by atoms with Crippen molar-refractivity contribution in [3.8, 4) is 0 Å². The first kappa shape index (κ1) is 8.83. The van der Waals surface area contributed by atoms with Gasteiger partial charge in [0.05, 0.1) is 12.3 Å². The van der Waals surface area contributed by atoms with Crippen molar-refractivity contribution in [1.29, 1.82) is 0 Å². The standard InChI is InChI=1S/C10H14N2OS/c1-2-7(1)8-6-14-10(12-8)9-5-11-3-4-13-9/h6-7,9,11H,1-5H2. The van der Waals surface area contributed by atoms with Gasteiger partial charge in [0.15, 0.2) is 0 Å². The molecule has 1 aromatic heterocycles. The molecule has 2 aliphatic rings. The van der Waals surface area contributed by atoms with E-state index in [-0.39, 0.29) is 6.10 Å². The number of thiazole rings is 1. The minimum Gasteiger partial charge on any atom is -0.368 e. The summed E-state index contributed by atoms with van der Waals surface area (Å²) in [4.78, 5) is 4.65. The van der Waals surface area contributed by atoms with E-state index in [2.05, 4.69) is 15.7 Å². The first-order valence-electron chi connectivity index (χ1n) is 5.21. The second-order valence-corrected chi connectivity index (χ2v) is 4.84. The molecule has 3 rings (SSSR count). The van der Waals surface area contributed by atoms with Crippen LogP contribution in [0.15, 0.2) is 5.38 Å². The molecule has 4 heteroatoms. The van der Waals surface area contributed by atoms with E-state index < -0.39 is 0 Å². The first-order chi connectivity index (χ1) is 6.93. The molecular weight excluding hydrogens is 196 g/mol. The van der Waals surface area contributed by atoms with Gasteiger partial charge in [0, 0.05) is 24.4 Å². The largest absolute Gasteiger partial charge is 0.368 e. The number of morpholine rings is 1. The van der Waals surface area contributed by atoms with Crippen molar-refractivity contribution in [3.05, 3.63) is 16.1 Å². The minimum atomic E-state index is 0.196. The quantitative estimate of drug-likeness (QED) is 0.806. The molecular formula is C10H14N2OS. The van der Waals surface area contributed by atoms with Gasteiger partial charge in [-0.1, -0.05) is 0 Å². The van der Waals surface area contributed by atoms with Crippen LogP contribution in [0.1, 0.15) is 35.6 Å². The van der Waals surface area contributed by atoms with Crippen molar-refractivity contribution in [2.75, 3.05) is 19.7 Å². The third-order valence-electron chi connectivity index (χ3n) is 2.74. The zero-order valence-corrected chi connectivity index (χ0v) is 8.85. The van der Waals surface area contributed by atoms with Crippen molar-refractivity contribution in [1.82, 2.24) is 10.3 Å². The van der Waals surface area contributed by atoms with E-state index >= 15 is 0 Å². The van der Waals surface area contributed by atoms with Crippen molar-refractivity contribution >= 4 is 11.3 Å². The molecule has 1 unspecified atom stereocenters. The molecule has 0 amide bonds. The van der Waals surface area contributed by atoms with Crippen LogP contribution >= 0.6 is 11.3 Å². The molecule has 2 heterocycles. The van der Waals surface area contributed by atoms with Crippen LogP contribution in [0.25, 0.3) is 0 Å². The van der Waals surface area contributed by atoms with Gasteiger partial charge in [-0.05, 0) is 12.8 Å². The number of hydrogen-bond acceptors (Lipinski definition) is 4. The maximum absolute atomic E-state index is 5.66. The lowest BCUT2D eigenvalue weighted by Gasteiger charge is -2.21. The molecule has 1 aliphatic carbocycles. The highest BCUT2D eigenvalue weighted by molar-refractivity contribution is 7.09. The van der Waals surface area contributed by atoms with Gasteiger partial charge < -0.3 is 10.1 Å². The van der Waals surface area contributed by atoms with Gasteiger partial charge in [-0.25, -0.2) is 4.98 Å². The molecule has 1 aromatic rings. The van der Waals surface area contributed by atoms with Crippen LogP contribution in [0.3, 0.4) is 0 Å². The summed E-state index contributed by atoms with van der Waals surface area (Å²) in [5.41, 5.74) is 1.29. The Labute approximate surface area is 87.5 Å². The Balaban J connectivity index is 1.74. The van der Waals surface area contributed by atoms with Crippen molar-refractivity contribution < 1.29 is 4.74 Å². The second-order valence-electron chi connectivity index (χ2n) is 3.95. The summed E-state index contributed by atoms with van der Waals surface area (Å²) in [5, 5.41) is 6.68. The first-order valence-corrected chi connectivity index (χ1v) is 6.09. The van der Waals surface area contributed by atoms with Gasteiger partial charge in [0.1, 0.15) is 11.1 Å². The second kappa shape index (κ2) is 3.61. The normalized spacial score (nSPS) is 27.9. The highest BCUT2D eigenvalue weighted by Crippen LogP contribution is 2.41. The number of hydrogen-bond donors (Lipinski definition) is 1. The predicted molar refractivity (Wildman–Crippen MR) is 55.7 cm³/mol. The molecule has 1 aliphatic heterocycles. The minimum absolute atomic E-state index is 0.196. The lowest BCUT2D eigenvalue weighted by Crippen LogP contribution is -2.33. The van der Waals surface area contributed by atoms with Crippen LogP contribution in [0.4, 0.5) is 0 Å². The average Bonchev–Trinajstić information content (AvgIpc) is 2.98. The van der Waals surface area contributed by atoms with Gasteiger partial charge in [-0.15, -0.1) is 11.3 Å². The lowest BCUT2D eigenvalue weighted by molar-refractivity contribution is 0.0275. The summed E-state index contributed by atoms with van der Waals surface area (Å²) in [7, 11) is 0. The zero-order valence-electron chi connectivity index (χ0n) is 8.03. The van der Waals surface area contributed by atoms with Crippen LogP contribution in [0, 0.1) is 0 Å². The Bertz CT molecular complexity index is 316. The fraction of sp³-hybridized carbons (Fsp3) is 0.700. The lowest BCUT2D eigenvalue weighted by atomic mass is 10.3. The monoisotopic (exact) mass is 210 g/mol. The summed E-state index contributed by atoms with van der Waals surface area (Å²) in [6.07, 6.45) is 2.85. The van der Waals surface area contributed by atoms with Crippen LogP contribution in [0.2, 0.25) is 0 Å². The molecule has 76 valence electrons. The topological polar surface area (TPSA) is 34.1 Å². The van der Waals surface area contributed by atoms with Crippen molar-refractivity contribution in [3.63, 3.8) is 0 Å². The molecule has 1 N–H and O–H groups in total. The summed E-state index contributed by atoms with van der Waals surface area (Å²) < 4.78 is 5.66. The fourth-order valence-corrected chi connectivity index (χ4v) is 2.69. The summed E-state index contributed by atoms with van der Waals surface area (Å²) in [5.74, 6) is 0.761. The van der Waals surface area contributed by atoms with E-state index in [4.69, 9.17) is 4.74 Å². The van der Waals surface area contributed by atoms with E-state index in [0.29, 0.717) is 0 Å².